The fourth-order valence-corrected chi connectivity index (χ4v) is 5.98. The molecule has 2 amide bonds. The quantitative estimate of drug-likeness (QED) is 0.460. The Bertz CT molecular complexity index is 1140. The molecule has 0 bridgehead atoms. The van der Waals surface area contributed by atoms with E-state index in [0.29, 0.717) is 36.5 Å². The molecule has 0 saturated carbocycles. The van der Waals surface area contributed by atoms with Crippen molar-refractivity contribution in [3.8, 4) is 0 Å². The van der Waals surface area contributed by atoms with Crippen LogP contribution in [0.5, 0.6) is 0 Å². The van der Waals surface area contributed by atoms with Crippen LogP contribution >= 0.6 is 23.4 Å². The third-order valence-electron chi connectivity index (χ3n) is 6.48. The molecular formula is C27H25ClN2O2S. The van der Waals surface area contributed by atoms with Gasteiger partial charge in [-0.3, -0.25) is 9.59 Å². The van der Waals surface area contributed by atoms with Gasteiger partial charge in [-0.25, -0.2) is 0 Å². The van der Waals surface area contributed by atoms with E-state index in [9.17, 15) is 9.59 Å². The molecule has 6 heteroatoms. The monoisotopic (exact) mass is 476 g/mol. The summed E-state index contributed by atoms with van der Waals surface area (Å²) in [5.74, 6) is 0.900. The number of amides is 2. The molecule has 2 heterocycles. The van der Waals surface area contributed by atoms with Crippen LogP contribution in [0.25, 0.3) is 0 Å². The first-order valence-electron chi connectivity index (χ1n) is 11.3. The van der Waals surface area contributed by atoms with Crippen LogP contribution in [0.2, 0.25) is 5.02 Å². The molecule has 33 heavy (non-hydrogen) atoms. The molecule has 3 aromatic carbocycles. The molecule has 0 aromatic heterocycles. The lowest BCUT2D eigenvalue weighted by molar-refractivity contribution is -0.124. The predicted octanol–water partition coefficient (Wildman–Crippen LogP) is 6.07. The number of nitrogens with zero attached hydrogens (tertiary/aromatic N) is 2. The fourth-order valence-electron chi connectivity index (χ4n) is 4.68. The van der Waals surface area contributed by atoms with Gasteiger partial charge in [-0.2, -0.15) is 0 Å². The largest absolute Gasteiger partial charge is 0.339 e. The molecule has 4 nitrogen and oxygen atoms in total. The van der Waals surface area contributed by atoms with Gasteiger partial charge < -0.3 is 9.80 Å². The highest BCUT2D eigenvalue weighted by Crippen LogP contribution is 2.44. The highest BCUT2D eigenvalue weighted by atomic mass is 35.5. The molecule has 1 saturated heterocycles. The SMILES string of the molecule is O=C(c1ccc(Cl)cc1)N1CCC(C(=O)N2c3ccccc3SCC2c2ccccc2)CC1. The first-order chi connectivity index (χ1) is 16.1. The lowest BCUT2D eigenvalue weighted by atomic mass is 9.93. The molecule has 0 N–H and O–H groups in total. The Hall–Kier alpha value is -2.76. The van der Waals surface area contributed by atoms with Crippen LogP contribution in [-0.2, 0) is 4.79 Å². The molecule has 168 valence electrons. The minimum atomic E-state index is -0.0957. The van der Waals surface area contributed by atoms with Crippen molar-refractivity contribution in [3.05, 3.63) is 95.0 Å². The number of anilines is 1. The number of halogens is 1. The molecule has 2 aliphatic rings. The molecule has 1 fully saturated rings. The Labute approximate surface area is 203 Å². The van der Waals surface area contributed by atoms with E-state index in [1.165, 1.54) is 0 Å². The minimum absolute atomic E-state index is 0.000513. The average molecular weight is 477 g/mol. The minimum Gasteiger partial charge on any atom is -0.339 e. The zero-order valence-electron chi connectivity index (χ0n) is 18.2. The van der Waals surface area contributed by atoms with Crippen molar-refractivity contribution < 1.29 is 9.59 Å². The van der Waals surface area contributed by atoms with Crippen molar-refractivity contribution in [1.29, 1.82) is 0 Å². The maximum absolute atomic E-state index is 13.9. The number of likely N-dealkylation sites (tertiary alicyclic amines) is 1. The number of piperidine rings is 1. The Morgan fingerprint density at radius 1 is 0.848 bits per heavy atom. The van der Waals surface area contributed by atoms with Gasteiger partial charge in [0.05, 0.1) is 11.7 Å². The standard InChI is InChI=1S/C27H25ClN2O2S/c28-22-12-10-20(11-13-22)26(31)29-16-14-21(15-17-29)27(32)30-23-8-4-5-9-25(23)33-18-24(30)19-6-2-1-3-7-19/h1-13,21,24H,14-18H2. The fraction of sp³-hybridized carbons (Fsp3) is 0.259. The first kappa shape index (κ1) is 22.1. The summed E-state index contributed by atoms with van der Waals surface area (Å²) < 4.78 is 0. The number of carbonyl (C=O) groups excluding carboxylic acids is 2. The van der Waals surface area contributed by atoms with Gasteiger partial charge in [-0.15, -0.1) is 11.8 Å². The van der Waals surface area contributed by atoms with Gasteiger partial charge in [0.15, 0.2) is 0 Å². The lowest BCUT2D eigenvalue weighted by Crippen LogP contribution is -2.47. The molecule has 5 rings (SSSR count). The van der Waals surface area contributed by atoms with Crippen LogP contribution in [0.15, 0.2) is 83.8 Å². The number of hydrogen-bond acceptors (Lipinski definition) is 3. The number of rotatable bonds is 3. The first-order valence-corrected chi connectivity index (χ1v) is 12.6. The number of thioether (sulfide) groups is 1. The van der Waals surface area contributed by atoms with Gasteiger partial charge in [0.1, 0.15) is 0 Å². The van der Waals surface area contributed by atoms with E-state index in [0.717, 1.165) is 21.9 Å². The van der Waals surface area contributed by atoms with E-state index in [2.05, 4.69) is 24.3 Å². The van der Waals surface area contributed by atoms with Crippen molar-refractivity contribution in [1.82, 2.24) is 4.90 Å². The van der Waals surface area contributed by atoms with Crippen LogP contribution in [0, 0.1) is 5.92 Å². The van der Waals surface area contributed by atoms with Gasteiger partial charge >= 0.3 is 0 Å². The van der Waals surface area contributed by atoms with Gasteiger partial charge in [0.25, 0.3) is 5.91 Å². The Morgan fingerprint density at radius 3 is 2.24 bits per heavy atom. The second-order valence-corrected chi connectivity index (χ2v) is 9.99. The summed E-state index contributed by atoms with van der Waals surface area (Å²) in [6, 6.07) is 25.4. The van der Waals surface area contributed by atoms with Crippen molar-refractivity contribution >= 4 is 40.9 Å². The maximum Gasteiger partial charge on any atom is 0.253 e. The van der Waals surface area contributed by atoms with Crippen LogP contribution < -0.4 is 4.90 Å². The molecule has 1 unspecified atom stereocenters. The molecular weight excluding hydrogens is 452 g/mol. The molecule has 3 aromatic rings. The predicted molar refractivity (Wildman–Crippen MR) is 134 cm³/mol. The van der Waals surface area contributed by atoms with Crippen molar-refractivity contribution in [2.75, 3.05) is 23.7 Å². The Kier molecular flexibility index (Phi) is 6.43. The molecule has 2 aliphatic heterocycles. The van der Waals surface area contributed by atoms with Gasteiger partial charge in [0, 0.05) is 40.2 Å². The summed E-state index contributed by atoms with van der Waals surface area (Å²) in [7, 11) is 0. The van der Waals surface area contributed by atoms with Crippen LogP contribution in [0.3, 0.4) is 0 Å². The summed E-state index contributed by atoms with van der Waals surface area (Å²) in [4.78, 5) is 31.8. The van der Waals surface area contributed by atoms with E-state index in [1.54, 1.807) is 36.0 Å². The number of carbonyl (C=O) groups is 2. The lowest BCUT2D eigenvalue weighted by Gasteiger charge is -2.40. The summed E-state index contributed by atoms with van der Waals surface area (Å²) in [6.07, 6.45) is 1.34. The van der Waals surface area contributed by atoms with Crippen molar-refractivity contribution in [2.24, 2.45) is 5.92 Å². The summed E-state index contributed by atoms with van der Waals surface area (Å²) in [5, 5.41) is 0.615. The Morgan fingerprint density at radius 2 is 1.52 bits per heavy atom. The van der Waals surface area contributed by atoms with E-state index in [4.69, 9.17) is 11.6 Å². The second-order valence-electron chi connectivity index (χ2n) is 8.49. The smallest absolute Gasteiger partial charge is 0.253 e. The number of para-hydroxylation sites is 1. The maximum atomic E-state index is 13.9. The van der Waals surface area contributed by atoms with E-state index >= 15 is 0 Å². The number of hydrogen-bond donors (Lipinski definition) is 0. The Balaban J connectivity index is 1.34. The van der Waals surface area contributed by atoms with E-state index in [-0.39, 0.29) is 23.8 Å². The van der Waals surface area contributed by atoms with E-state index in [1.807, 2.05) is 40.1 Å². The molecule has 0 spiro atoms. The zero-order valence-corrected chi connectivity index (χ0v) is 19.8. The number of benzene rings is 3. The molecule has 0 radical (unpaired) electrons. The second kappa shape index (κ2) is 9.62. The van der Waals surface area contributed by atoms with Crippen molar-refractivity contribution in [2.45, 2.75) is 23.8 Å². The van der Waals surface area contributed by atoms with Crippen LogP contribution in [0.4, 0.5) is 5.69 Å². The highest BCUT2D eigenvalue weighted by Gasteiger charge is 2.37. The summed E-state index contributed by atoms with van der Waals surface area (Å²) in [5.41, 5.74) is 2.78. The molecule has 0 aliphatic carbocycles. The van der Waals surface area contributed by atoms with Crippen LogP contribution in [-0.4, -0.2) is 35.6 Å². The third kappa shape index (κ3) is 4.53. The molecule has 1 atom stereocenters. The highest BCUT2D eigenvalue weighted by molar-refractivity contribution is 7.99. The zero-order chi connectivity index (χ0) is 22.8. The normalized spacial score (nSPS) is 18.6. The number of fused-ring (bicyclic) bond motifs is 1. The van der Waals surface area contributed by atoms with Gasteiger partial charge in [-0.1, -0.05) is 54.1 Å². The topological polar surface area (TPSA) is 40.6 Å². The summed E-state index contributed by atoms with van der Waals surface area (Å²) in [6.45, 7) is 1.16. The van der Waals surface area contributed by atoms with Crippen molar-refractivity contribution in [3.63, 3.8) is 0 Å². The van der Waals surface area contributed by atoms with E-state index < -0.39 is 0 Å². The average Bonchev–Trinajstić information content (AvgIpc) is 2.88. The third-order valence-corrected chi connectivity index (χ3v) is 7.87. The van der Waals surface area contributed by atoms with Gasteiger partial charge in [0.2, 0.25) is 5.91 Å². The van der Waals surface area contributed by atoms with Crippen LogP contribution in [0.1, 0.15) is 34.8 Å². The van der Waals surface area contributed by atoms with Gasteiger partial charge in [-0.05, 0) is 54.8 Å². The summed E-state index contributed by atoms with van der Waals surface area (Å²) >= 11 is 7.76.